The third-order valence-corrected chi connectivity index (χ3v) is 6.09. The molecule has 0 aromatic heterocycles. The van der Waals surface area contributed by atoms with Gasteiger partial charge in [0.1, 0.15) is 5.57 Å². The first kappa shape index (κ1) is 22.1. The Balaban J connectivity index is 1.84. The lowest BCUT2D eigenvalue weighted by atomic mass is 10.0. The van der Waals surface area contributed by atoms with Crippen molar-refractivity contribution in [1.82, 2.24) is 0 Å². The number of rotatable bonds is 4. The summed E-state index contributed by atoms with van der Waals surface area (Å²) in [5.41, 5.74) is 1.14. The molecule has 8 heteroatoms. The van der Waals surface area contributed by atoms with E-state index in [1.807, 2.05) is 30.5 Å². The smallest absolute Gasteiger partial charge is 0.268 e. The summed E-state index contributed by atoms with van der Waals surface area (Å²) in [5, 5.41) is 0.918. The molecule has 0 unspecified atom stereocenters. The fourth-order valence-corrected chi connectivity index (χ4v) is 3.89. The summed E-state index contributed by atoms with van der Waals surface area (Å²) in [7, 11) is 0. The SMILES string of the molecule is CSc1ccc(C=C2C(=O)N(c3ccc(Cl)cc3)C(=O)N(c3ccc(Cl)cc3)C2=O)cc1. The number of urea groups is 1. The summed E-state index contributed by atoms with van der Waals surface area (Å²) in [6.07, 6.45) is 3.45. The summed E-state index contributed by atoms with van der Waals surface area (Å²) < 4.78 is 0. The van der Waals surface area contributed by atoms with Crippen LogP contribution in [0.4, 0.5) is 16.2 Å². The fourth-order valence-electron chi connectivity index (χ4n) is 3.23. The maximum Gasteiger partial charge on any atom is 0.343 e. The molecular formula is C24H16Cl2N2O3S. The van der Waals surface area contributed by atoms with Gasteiger partial charge in [-0.05, 0) is 78.6 Å². The Bertz CT molecular complexity index is 1150. The molecule has 0 spiro atoms. The molecule has 0 atom stereocenters. The zero-order chi connectivity index (χ0) is 22.8. The van der Waals surface area contributed by atoms with Gasteiger partial charge in [0, 0.05) is 14.9 Å². The van der Waals surface area contributed by atoms with Crippen molar-refractivity contribution in [3.63, 3.8) is 0 Å². The average molecular weight is 483 g/mol. The van der Waals surface area contributed by atoms with Crippen molar-refractivity contribution in [2.45, 2.75) is 4.90 Å². The second-order valence-electron chi connectivity index (χ2n) is 6.85. The van der Waals surface area contributed by atoms with Crippen LogP contribution in [0.1, 0.15) is 5.56 Å². The molecule has 0 saturated carbocycles. The van der Waals surface area contributed by atoms with E-state index in [0.717, 1.165) is 14.7 Å². The average Bonchev–Trinajstić information content (AvgIpc) is 2.80. The van der Waals surface area contributed by atoms with Gasteiger partial charge in [-0.2, -0.15) is 0 Å². The van der Waals surface area contributed by atoms with Crippen molar-refractivity contribution in [3.8, 4) is 0 Å². The molecule has 3 aromatic rings. The number of halogens is 2. The number of carbonyl (C=O) groups is 3. The van der Waals surface area contributed by atoms with Crippen LogP contribution >= 0.6 is 35.0 Å². The zero-order valence-electron chi connectivity index (χ0n) is 16.8. The summed E-state index contributed by atoms with van der Waals surface area (Å²) in [5.74, 6) is -1.41. The number of benzene rings is 3. The van der Waals surface area contributed by atoms with Crippen molar-refractivity contribution in [2.24, 2.45) is 0 Å². The van der Waals surface area contributed by atoms with Gasteiger partial charge in [-0.3, -0.25) is 9.59 Å². The second kappa shape index (κ2) is 9.20. The topological polar surface area (TPSA) is 57.7 Å². The number of anilines is 2. The van der Waals surface area contributed by atoms with E-state index in [9.17, 15) is 14.4 Å². The Hall–Kier alpha value is -3.06. The van der Waals surface area contributed by atoms with Crippen molar-refractivity contribution in [1.29, 1.82) is 0 Å². The molecule has 4 amide bonds. The monoisotopic (exact) mass is 482 g/mol. The highest BCUT2D eigenvalue weighted by atomic mass is 35.5. The molecule has 4 rings (SSSR count). The lowest BCUT2D eigenvalue weighted by Crippen LogP contribution is -2.57. The summed E-state index contributed by atoms with van der Waals surface area (Å²) in [6.45, 7) is 0. The maximum absolute atomic E-state index is 13.3. The molecule has 5 nitrogen and oxygen atoms in total. The van der Waals surface area contributed by atoms with E-state index in [1.165, 1.54) is 6.08 Å². The molecule has 1 heterocycles. The number of carbonyl (C=O) groups excluding carboxylic acids is 3. The Morgan fingerprint density at radius 1 is 0.688 bits per heavy atom. The van der Waals surface area contributed by atoms with Crippen molar-refractivity contribution in [2.75, 3.05) is 16.1 Å². The van der Waals surface area contributed by atoms with Crippen LogP contribution in [0.3, 0.4) is 0 Å². The molecule has 32 heavy (non-hydrogen) atoms. The Morgan fingerprint density at radius 3 is 1.53 bits per heavy atom. The molecule has 160 valence electrons. The van der Waals surface area contributed by atoms with Gasteiger partial charge in [-0.1, -0.05) is 35.3 Å². The predicted octanol–water partition coefficient (Wildman–Crippen LogP) is 6.30. The van der Waals surface area contributed by atoms with E-state index in [0.29, 0.717) is 27.0 Å². The normalized spacial score (nSPS) is 14.2. The Morgan fingerprint density at radius 2 is 1.12 bits per heavy atom. The highest BCUT2D eigenvalue weighted by molar-refractivity contribution is 7.98. The molecule has 1 saturated heterocycles. The highest BCUT2D eigenvalue weighted by Crippen LogP contribution is 2.31. The molecule has 0 aliphatic carbocycles. The minimum absolute atomic E-state index is 0.133. The van der Waals surface area contributed by atoms with Crippen LogP contribution in [0, 0.1) is 0 Å². The van der Waals surface area contributed by atoms with Crippen LogP contribution in [0.15, 0.2) is 83.3 Å². The fraction of sp³-hybridized carbons (Fsp3) is 0.0417. The van der Waals surface area contributed by atoms with E-state index in [4.69, 9.17) is 23.2 Å². The number of amides is 4. The molecule has 0 bridgehead atoms. The van der Waals surface area contributed by atoms with Gasteiger partial charge in [0.2, 0.25) is 0 Å². The first-order valence-electron chi connectivity index (χ1n) is 9.49. The van der Waals surface area contributed by atoms with Gasteiger partial charge in [-0.15, -0.1) is 11.8 Å². The van der Waals surface area contributed by atoms with Crippen molar-refractivity contribution < 1.29 is 14.4 Å². The largest absolute Gasteiger partial charge is 0.343 e. The van der Waals surface area contributed by atoms with E-state index < -0.39 is 17.8 Å². The van der Waals surface area contributed by atoms with Gasteiger partial charge < -0.3 is 0 Å². The van der Waals surface area contributed by atoms with Crippen molar-refractivity contribution >= 4 is 70.3 Å². The van der Waals surface area contributed by atoms with Crippen LogP contribution in [-0.4, -0.2) is 24.1 Å². The van der Waals surface area contributed by atoms with E-state index in [-0.39, 0.29) is 5.57 Å². The van der Waals surface area contributed by atoms with Gasteiger partial charge in [0.25, 0.3) is 11.8 Å². The van der Waals surface area contributed by atoms with Gasteiger partial charge in [0.05, 0.1) is 11.4 Å². The minimum Gasteiger partial charge on any atom is -0.268 e. The first-order valence-corrected chi connectivity index (χ1v) is 11.5. The first-order chi connectivity index (χ1) is 15.4. The zero-order valence-corrected chi connectivity index (χ0v) is 19.1. The molecule has 1 aliphatic heterocycles. The van der Waals surface area contributed by atoms with E-state index in [1.54, 1.807) is 60.3 Å². The lowest BCUT2D eigenvalue weighted by Gasteiger charge is -2.34. The molecule has 1 aliphatic rings. The number of nitrogens with zero attached hydrogens (tertiary/aromatic N) is 2. The number of imide groups is 2. The maximum atomic E-state index is 13.3. The summed E-state index contributed by atoms with van der Waals surface area (Å²) in [4.78, 5) is 42.9. The molecule has 3 aromatic carbocycles. The van der Waals surface area contributed by atoms with Crippen LogP contribution in [0.5, 0.6) is 0 Å². The van der Waals surface area contributed by atoms with Crippen LogP contribution < -0.4 is 9.80 Å². The Kier molecular flexibility index (Phi) is 6.37. The van der Waals surface area contributed by atoms with Crippen molar-refractivity contribution in [3.05, 3.63) is 94.0 Å². The van der Waals surface area contributed by atoms with Gasteiger partial charge in [-0.25, -0.2) is 14.6 Å². The third kappa shape index (κ3) is 4.30. The number of thioether (sulfide) groups is 1. The second-order valence-corrected chi connectivity index (χ2v) is 8.60. The molecule has 0 radical (unpaired) electrons. The lowest BCUT2D eigenvalue weighted by molar-refractivity contribution is -0.121. The number of hydrogen-bond acceptors (Lipinski definition) is 4. The van der Waals surface area contributed by atoms with E-state index >= 15 is 0 Å². The minimum atomic E-state index is -0.778. The van der Waals surface area contributed by atoms with Crippen LogP contribution in [-0.2, 0) is 9.59 Å². The third-order valence-electron chi connectivity index (χ3n) is 4.85. The standard InChI is InChI=1S/C24H16Cl2N2O3S/c1-32-20-12-2-15(3-13-20)14-21-22(29)27(18-8-4-16(25)5-9-18)24(31)28(23(21)30)19-10-6-17(26)7-11-19/h2-14H,1H3. The molecular weight excluding hydrogens is 467 g/mol. The highest BCUT2D eigenvalue weighted by Gasteiger charge is 2.43. The molecule has 0 N–H and O–H groups in total. The molecule has 1 fully saturated rings. The number of hydrogen-bond donors (Lipinski definition) is 0. The Labute approximate surface area is 199 Å². The van der Waals surface area contributed by atoms with E-state index in [2.05, 4.69) is 0 Å². The predicted molar refractivity (Wildman–Crippen MR) is 129 cm³/mol. The summed E-state index contributed by atoms with van der Waals surface area (Å²) in [6, 6.07) is 19.2. The van der Waals surface area contributed by atoms with Crippen LogP contribution in [0.2, 0.25) is 10.0 Å². The van der Waals surface area contributed by atoms with Gasteiger partial charge in [0.15, 0.2) is 0 Å². The van der Waals surface area contributed by atoms with Crippen LogP contribution in [0.25, 0.3) is 6.08 Å². The summed E-state index contributed by atoms with van der Waals surface area (Å²) >= 11 is 13.5. The van der Waals surface area contributed by atoms with Gasteiger partial charge >= 0.3 is 6.03 Å². The number of barbiturate groups is 1. The quantitative estimate of drug-likeness (QED) is 0.248.